The van der Waals surface area contributed by atoms with E-state index in [-0.39, 0.29) is 5.92 Å². The summed E-state index contributed by atoms with van der Waals surface area (Å²) in [6.45, 7) is 4.02. The average Bonchev–Trinajstić information content (AvgIpc) is 2.88. The van der Waals surface area contributed by atoms with Crippen molar-refractivity contribution in [2.75, 3.05) is 0 Å². The van der Waals surface area contributed by atoms with Gasteiger partial charge in [-0.05, 0) is 35.7 Å². The molecular weight excluding hydrogens is 306 g/mol. The number of fused-ring (bicyclic) bond motifs is 3. The van der Waals surface area contributed by atoms with E-state index in [1.807, 2.05) is 50.2 Å². The molecule has 2 aromatic carbocycles. The molecule has 0 fully saturated rings. The zero-order chi connectivity index (χ0) is 16.6. The van der Waals surface area contributed by atoms with Crippen LogP contribution in [0.4, 0.5) is 0 Å². The number of hydrogen-bond donors (Lipinski definition) is 0. The lowest BCUT2D eigenvalue weighted by Crippen LogP contribution is -2.11. The van der Waals surface area contributed by atoms with Crippen LogP contribution in [0, 0.1) is 0 Å². The van der Waals surface area contributed by atoms with Crippen molar-refractivity contribution in [1.82, 2.24) is 4.40 Å². The van der Waals surface area contributed by atoms with Crippen LogP contribution in [0.5, 0.6) is 0 Å². The van der Waals surface area contributed by atoms with Gasteiger partial charge in [0.05, 0.1) is 16.3 Å². The smallest absolute Gasteiger partial charge is 0.347 e. The molecule has 5 heteroatoms. The molecule has 0 aliphatic rings. The summed E-state index contributed by atoms with van der Waals surface area (Å²) in [6, 6.07) is 11.0. The van der Waals surface area contributed by atoms with E-state index in [2.05, 4.69) is 0 Å². The summed E-state index contributed by atoms with van der Waals surface area (Å²) in [5, 5.41) is 2.31. The highest BCUT2D eigenvalue weighted by molar-refractivity contribution is 6.09. The molecule has 0 saturated carbocycles. The first kappa shape index (κ1) is 13.4. The molecule has 0 radical (unpaired) electrons. The number of nitrogens with zero attached hydrogens (tertiary/aromatic N) is 1. The van der Waals surface area contributed by atoms with Gasteiger partial charge in [-0.15, -0.1) is 0 Å². The third-order valence-electron chi connectivity index (χ3n) is 4.64. The monoisotopic (exact) mass is 319 g/mol. The van der Waals surface area contributed by atoms with Crippen molar-refractivity contribution in [2.24, 2.45) is 0 Å². The van der Waals surface area contributed by atoms with Gasteiger partial charge in [0.1, 0.15) is 0 Å². The van der Waals surface area contributed by atoms with Crippen molar-refractivity contribution in [2.45, 2.75) is 19.8 Å². The molecule has 0 saturated heterocycles. The van der Waals surface area contributed by atoms with E-state index in [1.54, 1.807) is 4.40 Å². The minimum absolute atomic E-state index is 0.179. The first-order valence-corrected chi connectivity index (χ1v) is 7.82. The topological polar surface area (TPSA) is 64.8 Å². The minimum atomic E-state index is -0.439. The standard InChI is InChI=1S/C19H13NO4/c1-9(2)10-7-13-15-14(8-10)19(22)24-17-12-6-4-3-5-11(12)16(20(15)17)23-18(13)21/h3-9H,1-2H3. The molecular formula is C19H13NO4. The third kappa shape index (κ3) is 1.49. The molecule has 0 N–H and O–H groups in total. The molecule has 0 amide bonds. The Labute approximate surface area is 135 Å². The van der Waals surface area contributed by atoms with Gasteiger partial charge >= 0.3 is 11.3 Å². The van der Waals surface area contributed by atoms with E-state index in [0.29, 0.717) is 27.7 Å². The molecule has 118 valence electrons. The Morgan fingerprint density at radius 1 is 0.833 bits per heavy atom. The van der Waals surface area contributed by atoms with E-state index >= 15 is 0 Å². The fraction of sp³-hybridized carbons (Fsp3) is 0.158. The van der Waals surface area contributed by atoms with Gasteiger partial charge in [0.15, 0.2) is 0 Å². The van der Waals surface area contributed by atoms with Crippen LogP contribution in [-0.4, -0.2) is 4.40 Å². The molecule has 0 aliphatic carbocycles. The van der Waals surface area contributed by atoms with E-state index in [9.17, 15) is 9.59 Å². The van der Waals surface area contributed by atoms with Crippen molar-refractivity contribution in [1.29, 1.82) is 0 Å². The quantitative estimate of drug-likeness (QED) is 0.470. The fourth-order valence-electron chi connectivity index (χ4n) is 3.42. The SMILES string of the molecule is CC(C)c1cc2c(=O)oc3c4ccccc4c4oc(=O)c(c1)c2n34. The van der Waals surface area contributed by atoms with Gasteiger partial charge in [-0.3, -0.25) is 0 Å². The maximum absolute atomic E-state index is 12.6. The molecule has 0 bridgehead atoms. The van der Waals surface area contributed by atoms with Crippen molar-refractivity contribution >= 4 is 38.5 Å². The highest BCUT2D eigenvalue weighted by Crippen LogP contribution is 2.33. The minimum Gasteiger partial charge on any atom is -0.404 e. The highest BCUT2D eigenvalue weighted by atomic mass is 16.4. The summed E-state index contributed by atoms with van der Waals surface area (Å²) in [5.41, 5.74) is 1.40. The van der Waals surface area contributed by atoms with Crippen molar-refractivity contribution in [3.8, 4) is 0 Å². The number of rotatable bonds is 1. The summed E-state index contributed by atoms with van der Waals surface area (Å²) in [6.07, 6.45) is 0. The van der Waals surface area contributed by atoms with Gasteiger partial charge in [-0.1, -0.05) is 26.0 Å². The second-order valence-electron chi connectivity index (χ2n) is 6.39. The summed E-state index contributed by atoms with van der Waals surface area (Å²) in [7, 11) is 0. The van der Waals surface area contributed by atoms with Gasteiger partial charge in [0, 0.05) is 10.8 Å². The van der Waals surface area contributed by atoms with Crippen LogP contribution < -0.4 is 11.3 Å². The molecule has 0 aliphatic heterocycles. The number of hydrogen-bond acceptors (Lipinski definition) is 4. The van der Waals surface area contributed by atoms with E-state index < -0.39 is 11.3 Å². The van der Waals surface area contributed by atoms with Crippen LogP contribution in [0.1, 0.15) is 25.3 Å². The van der Waals surface area contributed by atoms with Crippen LogP contribution in [0.25, 0.3) is 38.5 Å². The van der Waals surface area contributed by atoms with Crippen LogP contribution >= 0.6 is 0 Å². The molecule has 3 aromatic heterocycles. The Kier molecular flexibility index (Phi) is 2.37. The molecule has 5 rings (SSSR count). The number of benzene rings is 2. The third-order valence-corrected chi connectivity index (χ3v) is 4.64. The predicted molar refractivity (Wildman–Crippen MR) is 92.3 cm³/mol. The Balaban J connectivity index is 2.21. The second kappa shape index (κ2) is 4.26. The maximum atomic E-state index is 12.6. The molecule has 0 unspecified atom stereocenters. The Morgan fingerprint density at radius 3 is 1.79 bits per heavy atom. The summed E-state index contributed by atoms with van der Waals surface area (Å²) in [5.74, 6) is 0.179. The first-order valence-electron chi connectivity index (χ1n) is 7.82. The summed E-state index contributed by atoms with van der Waals surface area (Å²) < 4.78 is 12.9. The van der Waals surface area contributed by atoms with E-state index in [1.165, 1.54) is 0 Å². The number of aromatic nitrogens is 1. The molecule has 0 spiro atoms. The first-order chi connectivity index (χ1) is 11.6. The Morgan fingerprint density at radius 2 is 1.33 bits per heavy atom. The van der Waals surface area contributed by atoms with Crippen LogP contribution in [-0.2, 0) is 0 Å². The van der Waals surface area contributed by atoms with Gasteiger partial charge in [-0.25, -0.2) is 14.0 Å². The summed E-state index contributed by atoms with van der Waals surface area (Å²) in [4.78, 5) is 25.1. The molecule has 5 nitrogen and oxygen atoms in total. The summed E-state index contributed by atoms with van der Waals surface area (Å²) >= 11 is 0. The molecule has 24 heavy (non-hydrogen) atoms. The fourth-order valence-corrected chi connectivity index (χ4v) is 3.42. The molecule has 3 heterocycles. The Bertz CT molecular complexity index is 1270. The zero-order valence-electron chi connectivity index (χ0n) is 13.1. The molecule has 0 atom stereocenters. The maximum Gasteiger partial charge on any atom is 0.347 e. The van der Waals surface area contributed by atoms with E-state index in [0.717, 1.165) is 16.3 Å². The van der Waals surface area contributed by atoms with E-state index in [4.69, 9.17) is 8.83 Å². The highest BCUT2D eigenvalue weighted by Gasteiger charge is 2.22. The zero-order valence-corrected chi connectivity index (χ0v) is 13.1. The van der Waals surface area contributed by atoms with Crippen molar-refractivity contribution < 1.29 is 8.83 Å². The van der Waals surface area contributed by atoms with Crippen LogP contribution in [0.15, 0.2) is 54.8 Å². The van der Waals surface area contributed by atoms with Crippen LogP contribution in [0.2, 0.25) is 0 Å². The normalized spacial score (nSPS) is 12.5. The average molecular weight is 319 g/mol. The van der Waals surface area contributed by atoms with Crippen LogP contribution in [0.3, 0.4) is 0 Å². The van der Waals surface area contributed by atoms with Crippen molar-refractivity contribution in [3.63, 3.8) is 0 Å². The van der Waals surface area contributed by atoms with Gasteiger partial charge in [0.25, 0.3) is 0 Å². The lowest BCUT2D eigenvalue weighted by molar-refractivity contribution is 0.527. The molecule has 5 aromatic rings. The lowest BCUT2D eigenvalue weighted by Gasteiger charge is -2.10. The van der Waals surface area contributed by atoms with Crippen molar-refractivity contribution in [3.05, 3.63) is 62.8 Å². The van der Waals surface area contributed by atoms with Gasteiger partial charge in [0.2, 0.25) is 11.4 Å². The Hall–Kier alpha value is -3.08. The van der Waals surface area contributed by atoms with Gasteiger partial charge < -0.3 is 8.83 Å². The second-order valence-corrected chi connectivity index (χ2v) is 6.39. The predicted octanol–water partition coefficient (Wildman–Crippen LogP) is 3.87. The van der Waals surface area contributed by atoms with Gasteiger partial charge in [-0.2, -0.15) is 0 Å². The largest absolute Gasteiger partial charge is 0.404 e. The lowest BCUT2D eigenvalue weighted by atomic mass is 9.99.